The number of aryl methyl sites for hydroxylation is 1. The molecule has 0 saturated heterocycles. The minimum atomic E-state index is 0.0523. The van der Waals surface area contributed by atoms with Crippen LogP contribution in [0.1, 0.15) is 35.7 Å². The van der Waals surface area contributed by atoms with Crippen LogP contribution < -0.4 is 5.73 Å². The molecule has 0 aromatic carbocycles. The standard InChI is InChI=1S/C13H21N3O/c1-3-6-16(7-4-5-14)13(17)12-8-11(2)9-15-10-12/h8-10H,3-7,14H2,1-2H3. The van der Waals surface area contributed by atoms with Crippen LogP contribution in [0.3, 0.4) is 0 Å². The van der Waals surface area contributed by atoms with Gasteiger partial charge in [-0.25, -0.2) is 0 Å². The zero-order valence-electron chi connectivity index (χ0n) is 10.6. The number of carbonyl (C=O) groups is 1. The number of carbonyl (C=O) groups excluding carboxylic acids is 1. The molecule has 4 nitrogen and oxygen atoms in total. The molecule has 0 unspecified atom stereocenters. The molecule has 4 heteroatoms. The van der Waals surface area contributed by atoms with E-state index in [0.717, 1.165) is 31.5 Å². The summed E-state index contributed by atoms with van der Waals surface area (Å²) in [6, 6.07) is 1.88. The second kappa shape index (κ2) is 7.01. The van der Waals surface area contributed by atoms with Crippen LogP contribution in [-0.2, 0) is 0 Å². The number of amides is 1. The van der Waals surface area contributed by atoms with E-state index in [-0.39, 0.29) is 5.91 Å². The molecule has 1 rings (SSSR count). The van der Waals surface area contributed by atoms with Gasteiger partial charge in [0.2, 0.25) is 0 Å². The first-order valence-corrected chi connectivity index (χ1v) is 6.10. The summed E-state index contributed by atoms with van der Waals surface area (Å²) in [4.78, 5) is 18.1. The van der Waals surface area contributed by atoms with Crippen LogP contribution in [0.5, 0.6) is 0 Å². The summed E-state index contributed by atoms with van der Waals surface area (Å²) >= 11 is 0. The van der Waals surface area contributed by atoms with Crippen molar-refractivity contribution in [2.45, 2.75) is 26.7 Å². The number of nitrogens with two attached hydrogens (primary N) is 1. The third-order valence-electron chi connectivity index (χ3n) is 2.53. The minimum Gasteiger partial charge on any atom is -0.339 e. The summed E-state index contributed by atoms with van der Waals surface area (Å²) < 4.78 is 0. The number of rotatable bonds is 6. The van der Waals surface area contributed by atoms with Crippen molar-refractivity contribution in [3.63, 3.8) is 0 Å². The van der Waals surface area contributed by atoms with E-state index in [2.05, 4.69) is 11.9 Å². The molecule has 0 radical (unpaired) electrons. The van der Waals surface area contributed by atoms with Gasteiger partial charge in [0.15, 0.2) is 0 Å². The zero-order valence-corrected chi connectivity index (χ0v) is 10.6. The average molecular weight is 235 g/mol. The summed E-state index contributed by atoms with van der Waals surface area (Å²) in [7, 11) is 0. The van der Waals surface area contributed by atoms with Crippen LogP contribution in [0.2, 0.25) is 0 Å². The molecule has 1 aromatic heterocycles. The van der Waals surface area contributed by atoms with Gasteiger partial charge in [0, 0.05) is 25.5 Å². The smallest absolute Gasteiger partial charge is 0.255 e. The van der Waals surface area contributed by atoms with Gasteiger partial charge in [-0.05, 0) is 37.9 Å². The van der Waals surface area contributed by atoms with Gasteiger partial charge in [0.1, 0.15) is 0 Å². The van der Waals surface area contributed by atoms with Gasteiger partial charge in [0.05, 0.1) is 5.56 Å². The van der Waals surface area contributed by atoms with E-state index in [0.29, 0.717) is 12.1 Å². The molecule has 1 heterocycles. The minimum absolute atomic E-state index is 0.0523. The highest BCUT2D eigenvalue weighted by atomic mass is 16.2. The van der Waals surface area contributed by atoms with Gasteiger partial charge < -0.3 is 10.6 Å². The van der Waals surface area contributed by atoms with Gasteiger partial charge in [-0.3, -0.25) is 9.78 Å². The molecule has 0 aliphatic rings. The summed E-state index contributed by atoms with van der Waals surface area (Å²) in [5.74, 6) is 0.0523. The monoisotopic (exact) mass is 235 g/mol. The largest absolute Gasteiger partial charge is 0.339 e. The second-order valence-corrected chi connectivity index (χ2v) is 4.19. The highest BCUT2D eigenvalue weighted by Gasteiger charge is 2.14. The van der Waals surface area contributed by atoms with Crippen molar-refractivity contribution < 1.29 is 4.79 Å². The van der Waals surface area contributed by atoms with Crippen LogP contribution in [0.25, 0.3) is 0 Å². The van der Waals surface area contributed by atoms with Crippen LogP contribution in [0, 0.1) is 6.92 Å². The van der Waals surface area contributed by atoms with E-state index < -0.39 is 0 Å². The molecule has 0 fully saturated rings. The first-order valence-electron chi connectivity index (χ1n) is 6.10. The summed E-state index contributed by atoms with van der Waals surface area (Å²) in [6.45, 7) is 6.11. The number of pyridine rings is 1. The SMILES string of the molecule is CCCN(CCCN)C(=O)c1cncc(C)c1. The molecule has 17 heavy (non-hydrogen) atoms. The van der Waals surface area contributed by atoms with Crippen molar-refractivity contribution >= 4 is 5.91 Å². The predicted molar refractivity (Wildman–Crippen MR) is 68.8 cm³/mol. The Balaban J connectivity index is 2.76. The molecule has 94 valence electrons. The quantitative estimate of drug-likeness (QED) is 0.814. The fourth-order valence-corrected chi connectivity index (χ4v) is 1.72. The molecule has 1 aromatic rings. The number of nitrogens with zero attached hydrogens (tertiary/aromatic N) is 2. The zero-order chi connectivity index (χ0) is 12.7. The van der Waals surface area contributed by atoms with E-state index in [9.17, 15) is 4.79 Å². The van der Waals surface area contributed by atoms with Gasteiger partial charge in [-0.15, -0.1) is 0 Å². The highest BCUT2D eigenvalue weighted by Crippen LogP contribution is 2.07. The van der Waals surface area contributed by atoms with Gasteiger partial charge >= 0.3 is 0 Å². The van der Waals surface area contributed by atoms with Crippen molar-refractivity contribution in [1.82, 2.24) is 9.88 Å². The Morgan fingerprint density at radius 3 is 2.76 bits per heavy atom. The van der Waals surface area contributed by atoms with Crippen molar-refractivity contribution in [1.29, 1.82) is 0 Å². The van der Waals surface area contributed by atoms with Crippen molar-refractivity contribution in [2.24, 2.45) is 5.73 Å². The van der Waals surface area contributed by atoms with E-state index in [1.165, 1.54) is 0 Å². The van der Waals surface area contributed by atoms with E-state index in [4.69, 9.17) is 5.73 Å². The number of hydrogen-bond acceptors (Lipinski definition) is 3. The van der Waals surface area contributed by atoms with E-state index in [1.807, 2.05) is 17.9 Å². The predicted octanol–water partition coefficient (Wildman–Crippen LogP) is 1.59. The lowest BCUT2D eigenvalue weighted by molar-refractivity contribution is 0.0754. The maximum absolute atomic E-state index is 12.2. The lowest BCUT2D eigenvalue weighted by Gasteiger charge is -2.21. The van der Waals surface area contributed by atoms with Crippen molar-refractivity contribution in [2.75, 3.05) is 19.6 Å². The maximum atomic E-state index is 12.2. The topological polar surface area (TPSA) is 59.2 Å². The molecule has 0 spiro atoms. The summed E-state index contributed by atoms with van der Waals surface area (Å²) in [5, 5.41) is 0. The van der Waals surface area contributed by atoms with Crippen molar-refractivity contribution in [3.8, 4) is 0 Å². The fraction of sp³-hybridized carbons (Fsp3) is 0.538. The molecule has 0 aliphatic carbocycles. The lowest BCUT2D eigenvalue weighted by Crippen LogP contribution is -2.33. The Bertz CT molecular complexity index is 365. The highest BCUT2D eigenvalue weighted by molar-refractivity contribution is 5.94. The molecular formula is C13H21N3O. The average Bonchev–Trinajstić information content (AvgIpc) is 2.33. The summed E-state index contributed by atoms with van der Waals surface area (Å²) in [6.07, 6.45) is 5.17. The molecule has 1 amide bonds. The van der Waals surface area contributed by atoms with Gasteiger partial charge in [0.25, 0.3) is 5.91 Å². The molecule has 0 bridgehead atoms. The maximum Gasteiger partial charge on any atom is 0.255 e. The number of hydrogen-bond donors (Lipinski definition) is 1. The summed E-state index contributed by atoms with van der Waals surface area (Å²) in [5.41, 5.74) is 7.15. The Morgan fingerprint density at radius 1 is 1.41 bits per heavy atom. The Hall–Kier alpha value is -1.42. The third kappa shape index (κ3) is 4.15. The van der Waals surface area contributed by atoms with Crippen LogP contribution in [-0.4, -0.2) is 35.4 Å². The van der Waals surface area contributed by atoms with Crippen LogP contribution in [0.4, 0.5) is 0 Å². The molecule has 0 saturated carbocycles. The van der Waals surface area contributed by atoms with Crippen molar-refractivity contribution in [3.05, 3.63) is 29.6 Å². The lowest BCUT2D eigenvalue weighted by atomic mass is 10.2. The molecule has 0 aliphatic heterocycles. The van der Waals surface area contributed by atoms with Gasteiger partial charge in [-0.2, -0.15) is 0 Å². The second-order valence-electron chi connectivity index (χ2n) is 4.19. The number of aromatic nitrogens is 1. The molecular weight excluding hydrogens is 214 g/mol. The normalized spacial score (nSPS) is 10.3. The van der Waals surface area contributed by atoms with Crippen LogP contribution >= 0.6 is 0 Å². The van der Waals surface area contributed by atoms with Crippen LogP contribution in [0.15, 0.2) is 18.5 Å². The van der Waals surface area contributed by atoms with E-state index >= 15 is 0 Å². The molecule has 2 N–H and O–H groups in total. The Morgan fingerprint density at radius 2 is 2.18 bits per heavy atom. The third-order valence-corrected chi connectivity index (χ3v) is 2.53. The Labute approximate surface area is 103 Å². The van der Waals surface area contributed by atoms with Gasteiger partial charge in [-0.1, -0.05) is 6.92 Å². The fourth-order valence-electron chi connectivity index (χ4n) is 1.72. The Kier molecular flexibility index (Phi) is 5.63. The first-order chi connectivity index (χ1) is 8.19. The van der Waals surface area contributed by atoms with E-state index in [1.54, 1.807) is 12.4 Å². The first kappa shape index (κ1) is 13.6. The molecule has 0 atom stereocenters.